The van der Waals surface area contributed by atoms with Gasteiger partial charge in [0.1, 0.15) is 0 Å². The first-order chi connectivity index (χ1) is 15.2. The Labute approximate surface area is 181 Å². The highest BCUT2D eigenvalue weighted by Gasteiger charge is 2.23. The van der Waals surface area contributed by atoms with Crippen molar-refractivity contribution in [3.63, 3.8) is 0 Å². The van der Waals surface area contributed by atoms with E-state index in [9.17, 15) is 0 Å². The van der Waals surface area contributed by atoms with Crippen molar-refractivity contribution in [1.29, 1.82) is 0 Å². The van der Waals surface area contributed by atoms with Gasteiger partial charge in [0.15, 0.2) is 11.5 Å². The van der Waals surface area contributed by atoms with Gasteiger partial charge in [-0.25, -0.2) is 9.97 Å². The summed E-state index contributed by atoms with van der Waals surface area (Å²) in [6.45, 7) is 1.64. The Bertz CT molecular complexity index is 1210. The molecule has 0 saturated heterocycles. The molecule has 7 heteroatoms. The lowest BCUT2D eigenvalue weighted by atomic mass is 10.1. The molecule has 5 rings (SSSR count). The Morgan fingerprint density at radius 2 is 1.94 bits per heavy atom. The Morgan fingerprint density at radius 1 is 1.06 bits per heavy atom. The van der Waals surface area contributed by atoms with Crippen molar-refractivity contribution in [1.82, 2.24) is 19.4 Å². The molecule has 7 nitrogen and oxygen atoms in total. The molecule has 31 heavy (non-hydrogen) atoms. The molecule has 3 heterocycles. The molecule has 0 amide bonds. The summed E-state index contributed by atoms with van der Waals surface area (Å²) in [5, 5.41) is 10.1. The fourth-order valence-corrected chi connectivity index (χ4v) is 3.86. The molecule has 1 atom stereocenters. The van der Waals surface area contributed by atoms with Gasteiger partial charge in [-0.3, -0.25) is 9.41 Å². The summed E-state index contributed by atoms with van der Waals surface area (Å²) < 4.78 is 2.10. The molecule has 0 radical (unpaired) electrons. The van der Waals surface area contributed by atoms with Crippen LogP contribution in [0.3, 0.4) is 0 Å². The van der Waals surface area contributed by atoms with E-state index in [1.54, 1.807) is 0 Å². The molecule has 0 aliphatic carbocycles. The van der Waals surface area contributed by atoms with E-state index in [1.165, 1.54) is 5.56 Å². The van der Waals surface area contributed by atoms with Crippen LogP contribution < -0.4 is 10.2 Å². The van der Waals surface area contributed by atoms with Gasteiger partial charge < -0.3 is 10.2 Å². The largest absolute Gasteiger partial charge is 0.378 e. The van der Waals surface area contributed by atoms with E-state index in [0.717, 1.165) is 41.6 Å². The van der Waals surface area contributed by atoms with E-state index in [-0.39, 0.29) is 5.92 Å². The molecule has 156 valence electrons. The quantitative estimate of drug-likeness (QED) is 0.517. The second-order valence-corrected chi connectivity index (χ2v) is 7.93. The molecule has 4 aromatic rings. The first kappa shape index (κ1) is 19.1. The minimum absolute atomic E-state index is 0.186. The van der Waals surface area contributed by atoms with Crippen molar-refractivity contribution in [2.75, 3.05) is 30.9 Å². The van der Waals surface area contributed by atoms with Crippen LogP contribution in [-0.4, -0.2) is 46.2 Å². The summed E-state index contributed by atoms with van der Waals surface area (Å²) in [6.07, 6.45) is 7.72. The Kier molecular flexibility index (Phi) is 5.00. The van der Waals surface area contributed by atoms with Crippen molar-refractivity contribution < 1.29 is 0 Å². The van der Waals surface area contributed by atoms with Gasteiger partial charge >= 0.3 is 0 Å². The maximum absolute atomic E-state index is 4.67. The van der Waals surface area contributed by atoms with Crippen LogP contribution in [-0.2, 0) is 6.54 Å². The van der Waals surface area contributed by atoms with Gasteiger partial charge in [0.05, 0.1) is 24.4 Å². The van der Waals surface area contributed by atoms with Crippen molar-refractivity contribution >= 4 is 29.1 Å². The van der Waals surface area contributed by atoms with Crippen molar-refractivity contribution in [3.05, 3.63) is 84.4 Å². The van der Waals surface area contributed by atoms with Crippen LogP contribution in [0.4, 0.5) is 17.2 Å². The first-order valence-electron chi connectivity index (χ1n) is 10.4. The molecule has 0 bridgehead atoms. The molecule has 0 fully saturated rings. The van der Waals surface area contributed by atoms with Gasteiger partial charge in [0.2, 0.25) is 0 Å². The molecule has 0 spiro atoms. The maximum Gasteiger partial charge on any atom is 0.180 e. The molecule has 0 saturated carbocycles. The second kappa shape index (κ2) is 8.10. The van der Waals surface area contributed by atoms with Gasteiger partial charge in [-0.05, 0) is 23.8 Å². The third-order valence-electron chi connectivity index (χ3n) is 5.49. The second-order valence-electron chi connectivity index (χ2n) is 7.93. The summed E-state index contributed by atoms with van der Waals surface area (Å²) in [5.41, 5.74) is 5.29. The molecule has 1 aliphatic heterocycles. The Balaban J connectivity index is 1.36. The van der Waals surface area contributed by atoms with E-state index < -0.39 is 0 Å². The summed E-state index contributed by atoms with van der Waals surface area (Å²) >= 11 is 0. The van der Waals surface area contributed by atoms with E-state index in [2.05, 4.69) is 71.1 Å². The van der Waals surface area contributed by atoms with Crippen molar-refractivity contribution in [2.45, 2.75) is 12.5 Å². The fourth-order valence-electron chi connectivity index (χ4n) is 3.86. The number of nitrogens with zero attached hydrogens (tertiary/aromatic N) is 6. The highest BCUT2D eigenvalue weighted by Crippen LogP contribution is 2.27. The SMILES string of the molecule is CN(C)c1cccc(Nc2nccn3c(C4C=NN(Cc5ccccc5)C4)cnc23)c1. The summed E-state index contributed by atoms with van der Waals surface area (Å²) in [4.78, 5) is 11.3. The normalized spacial score (nSPS) is 15.5. The third kappa shape index (κ3) is 3.94. The Hall–Kier alpha value is -3.87. The van der Waals surface area contributed by atoms with Crippen LogP contribution in [0.5, 0.6) is 0 Å². The summed E-state index contributed by atoms with van der Waals surface area (Å²) in [7, 11) is 4.06. The average molecular weight is 412 g/mol. The minimum atomic E-state index is 0.186. The van der Waals surface area contributed by atoms with Crippen molar-refractivity contribution in [3.8, 4) is 0 Å². The van der Waals surface area contributed by atoms with Crippen LogP contribution in [0.15, 0.2) is 78.3 Å². The lowest BCUT2D eigenvalue weighted by Crippen LogP contribution is -2.18. The van der Waals surface area contributed by atoms with Gasteiger partial charge in [-0.1, -0.05) is 36.4 Å². The number of rotatable bonds is 6. The highest BCUT2D eigenvalue weighted by atomic mass is 15.5. The van der Waals surface area contributed by atoms with Crippen LogP contribution in [0.25, 0.3) is 5.65 Å². The van der Waals surface area contributed by atoms with Crippen LogP contribution >= 0.6 is 0 Å². The summed E-state index contributed by atoms with van der Waals surface area (Å²) in [6, 6.07) is 18.7. The molecule has 1 aliphatic rings. The van der Waals surface area contributed by atoms with Gasteiger partial charge in [0, 0.05) is 50.6 Å². The Morgan fingerprint density at radius 3 is 2.77 bits per heavy atom. The van der Waals surface area contributed by atoms with Crippen LogP contribution in [0.1, 0.15) is 17.2 Å². The van der Waals surface area contributed by atoms with Gasteiger partial charge in [0.25, 0.3) is 0 Å². The average Bonchev–Trinajstić information content (AvgIpc) is 3.42. The van der Waals surface area contributed by atoms with Crippen molar-refractivity contribution in [2.24, 2.45) is 5.10 Å². The monoisotopic (exact) mass is 411 g/mol. The number of nitrogens with one attached hydrogen (secondary N) is 1. The number of anilines is 3. The molecular weight excluding hydrogens is 386 g/mol. The zero-order valence-electron chi connectivity index (χ0n) is 17.7. The van der Waals surface area contributed by atoms with Gasteiger partial charge in [-0.15, -0.1) is 0 Å². The number of hydrogen-bond acceptors (Lipinski definition) is 6. The highest BCUT2D eigenvalue weighted by molar-refractivity contribution is 5.74. The predicted molar refractivity (Wildman–Crippen MR) is 125 cm³/mol. The maximum atomic E-state index is 4.67. The van der Waals surface area contributed by atoms with E-state index in [0.29, 0.717) is 0 Å². The molecule has 1 unspecified atom stereocenters. The summed E-state index contributed by atoms with van der Waals surface area (Å²) in [5.74, 6) is 0.923. The number of aromatic nitrogens is 3. The third-order valence-corrected chi connectivity index (χ3v) is 5.49. The number of benzene rings is 2. The van der Waals surface area contributed by atoms with Crippen LogP contribution in [0.2, 0.25) is 0 Å². The standard InChI is InChI=1S/C24H25N7/c1-29(2)21-10-6-9-20(13-21)28-23-24-26-15-22(31(24)12-11-25-23)19-14-27-30(17-19)16-18-7-4-3-5-8-18/h3-15,19H,16-17H2,1-2H3,(H,25,28). The zero-order chi connectivity index (χ0) is 21.2. The molecule has 2 aromatic heterocycles. The molecule has 2 aromatic carbocycles. The number of hydrazone groups is 1. The molecule has 1 N–H and O–H groups in total. The smallest absolute Gasteiger partial charge is 0.180 e. The fraction of sp³-hybridized carbons (Fsp3) is 0.208. The van der Waals surface area contributed by atoms with E-state index in [1.807, 2.05) is 57.1 Å². The number of fused-ring (bicyclic) bond motifs is 1. The van der Waals surface area contributed by atoms with E-state index in [4.69, 9.17) is 0 Å². The van der Waals surface area contributed by atoms with E-state index >= 15 is 0 Å². The molecular formula is C24H25N7. The lowest BCUT2D eigenvalue weighted by Gasteiger charge is -2.16. The minimum Gasteiger partial charge on any atom is -0.378 e. The number of imidazole rings is 1. The van der Waals surface area contributed by atoms with Gasteiger partial charge in [-0.2, -0.15) is 5.10 Å². The topological polar surface area (TPSA) is 61.1 Å². The first-order valence-corrected chi connectivity index (χ1v) is 10.4. The zero-order valence-corrected chi connectivity index (χ0v) is 17.7. The number of hydrogen-bond donors (Lipinski definition) is 1. The van der Waals surface area contributed by atoms with Crippen LogP contribution in [0, 0.1) is 0 Å². The lowest BCUT2D eigenvalue weighted by molar-refractivity contribution is 0.301. The predicted octanol–water partition coefficient (Wildman–Crippen LogP) is 4.12.